The first-order valence-corrected chi connectivity index (χ1v) is 10.2. The summed E-state index contributed by atoms with van der Waals surface area (Å²) in [6.07, 6.45) is 0.889. The molecule has 2 aromatic carbocycles. The quantitative estimate of drug-likeness (QED) is 0.678. The number of amides is 3. The first kappa shape index (κ1) is 22.1. The molecule has 0 aliphatic carbocycles. The van der Waals surface area contributed by atoms with Crippen molar-refractivity contribution in [3.63, 3.8) is 0 Å². The zero-order valence-electron chi connectivity index (χ0n) is 17.9. The van der Waals surface area contributed by atoms with Crippen molar-refractivity contribution in [1.29, 1.82) is 0 Å². The van der Waals surface area contributed by atoms with Crippen molar-refractivity contribution in [2.75, 3.05) is 37.5 Å². The molecule has 1 heterocycles. The van der Waals surface area contributed by atoms with Gasteiger partial charge in [-0.3, -0.25) is 14.4 Å². The van der Waals surface area contributed by atoms with Gasteiger partial charge in [-0.05, 0) is 30.7 Å². The summed E-state index contributed by atoms with van der Waals surface area (Å²) in [5, 5.41) is 5.63. The number of nitrogens with one attached hydrogen (secondary N) is 2. The van der Waals surface area contributed by atoms with E-state index in [1.807, 2.05) is 6.92 Å². The van der Waals surface area contributed by atoms with E-state index in [0.717, 1.165) is 6.42 Å². The Kier molecular flexibility index (Phi) is 7.12. The van der Waals surface area contributed by atoms with Gasteiger partial charge in [-0.2, -0.15) is 0 Å². The predicted octanol–water partition coefficient (Wildman–Crippen LogP) is 2.84. The molecule has 0 aromatic heterocycles. The fourth-order valence-electron chi connectivity index (χ4n) is 3.48. The van der Waals surface area contributed by atoms with Gasteiger partial charge < -0.3 is 25.0 Å². The maximum atomic E-state index is 12.9. The lowest BCUT2D eigenvalue weighted by atomic mass is 10.1. The Hall–Kier alpha value is -3.55. The van der Waals surface area contributed by atoms with Gasteiger partial charge in [-0.1, -0.05) is 19.1 Å². The van der Waals surface area contributed by atoms with Crippen LogP contribution in [0.1, 0.15) is 30.1 Å². The maximum absolute atomic E-state index is 12.9. The second kappa shape index (κ2) is 9.97. The average molecular weight is 425 g/mol. The fourth-order valence-corrected chi connectivity index (χ4v) is 3.48. The molecule has 8 heteroatoms. The second-order valence-electron chi connectivity index (χ2n) is 7.23. The Balaban J connectivity index is 1.74. The van der Waals surface area contributed by atoms with Crippen molar-refractivity contribution in [3.8, 4) is 11.5 Å². The lowest BCUT2D eigenvalue weighted by Gasteiger charge is -2.20. The zero-order chi connectivity index (χ0) is 22.4. The number of rotatable bonds is 8. The number of nitrogens with zero attached hydrogens (tertiary/aromatic N) is 1. The smallest absolute Gasteiger partial charge is 0.253 e. The number of anilines is 2. The summed E-state index contributed by atoms with van der Waals surface area (Å²) in [5.74, 6) is -0.168. The van der Waals surface area contributed by atoms with E-state index in [1.165, 1.54) is 7.11 Å². The molecule has 2 aromatic rings. The molecule has 8 nitrogen and oxygen atoms in total. The van der Waals surface area contributed by atoms with Crippen LogP contribution in [0.3, 0.4) is 0 Å². The van der Waals surface area contributed by atoms with Crippen LogP contribution in [-0.4, -0.2) is 45.0 Å². The molecule has 2 N–H and O–H groups in total. The van der Waals surface area contributed by atoms with Crippen molar-refractivity contribution in [2.45, 2.75) is 19.8 Å². The third-order valence-corrected chi connectivity index (χ3v) is 5.14. The standard InChI is InChI=1S/C23H27N3O5/c1-4-11-24-23(29)17-7-5-6-8-18(17)25-22(28)15-12-21(27)26(14-15)19-10-9-16(30-2)13-20(19)31-3/h5-10,13,15H,4,11-12,14H2,1-3H3,(H,24,29)(H,25,28)/t15-/m1/s1. The molecular formula is C23H27N3O5. The minimum atomic E-state index is -0.550. The van der Waals surface area contributed by atoms with E-state index < -0.39 is 5.92 Å². The van der Waals surface area contributed by atoms with E-state index in [9.17, 15) is 14.4 Å². The van der Waals surface area contributed by atoms with Crippen molar-refractivity contribution in [2.24, 2.45) is 5.92 Å². The Morgan fingerprint density at radius 3 is 2.61 bits per heavy atom. The molecule has 0 unspecified atom stereocenters. The van der Waals surface area contributed by atoms with E-state index >= 15 is 0 Å². The van der Waals surface area contributed by atoms with E-state index in [0.29, 0.717) is 35.0 Å². The van der Waals surface area contributed by atoms with Crippen molar-refractivity contribution in [3.05, 3.63) is 48.0 Å². The number of hydrogen-bond acceptors (Lipinski definition) is 5. The summed E-state index contributed by atoms with van der Waals surface area (Å²) in [5.41, 5.74) is 1.40. The normalized spacial score (nSPS) is 15.5. The maximum Gasteiger partial charge on any atom is 0.253 e. The van der Waals surface area contributed by atoms with Gasteiger partial charge in [-0.25, -0.2) is 0 Å². The number of carbonyl (C=O) groups is 3. The molecule has 3 rings (SSSR count). The molecule has 0 radical (unpaired) electrons. The summed E-state index contributed by atoms with van der Waals surface area (Å²) in [6.45, 7) is 2.74. The highest BCUT2D eigenvalue weighted by Gasteiger charge is 2.36. The number of benzene rings is 2. The van der Waals surface area contributed by atoms with Crippen LogP contribution < -0.4 is 25.0 Å². The van der Waals surface area contributed by atoms with Gasteiger partial charge in [0.05, 0.1) is 37.1 Å². The molecular weight excluding hydrogens is 398 g/mol. The molecule has 1 aliphatic heterocycles. The lowest BCUT2D eigenvalue weighted by molar-refractivity contribution is -0.122. The minimum absolute atomic E-state index is 0.0746. The molecule has 3 amide bonds. The Morgan fingerprint density at radius 1 is 1.13 bits per heavy atom. The van der Waals surface area contributed by atoms with Crippen molar-refractivity contribution < 1.29 is 23.9 Å². The van der Waals surface area contributed by atoms with Crippen LogP contribution in [0, 0.1) is 5.92 Å². The highest BCUT2D eigenvalue weighted by molar-refractivity contribution is 6.07. The SMILES string of the molecule is CCCNC(=O)c1ccccc1NC(=O)[C@@H]1CC(=O)N(c2ccc(OC)cc2OC)C1. The van der Waals surface area contributed by atoms with Crippen LogP contribution in [-0.2, 0) is 9.59 Å². The number of hydrogen-bond donors (Lipinski definition) is 2. The molecule has 0 saturated carbocycles. The van der Waals surface area contributed by atoms with E-state index in [-0.39, 0.29) is 30.7 Å². The van der Waals surface area contributed by atoms with E-state index in [4.69, 9.17) is 9.47 Å². The summed E-state index contributed by atoms with van der Waals surface area (Å²) < 4.78 is 10.6. The number of methoxy groups -OCH3 is 2. The second-order valence-corrected chi connectivity index (χ2v) is 7.23. The number of para-hydroxylation sites is 1. The minimum Gasteiger partial charge on any atom is -0.497 e. The Bertz CT molecular complexity index is 975. The lowest BCUT2D eigenvalue weighted by Crippen LogP contribution is -2.30. The Morgan fingerprint density at radius 2 is 1.90 bits per heavy atom. The summed E-state index contributed by atoms with van der Waals surface area (Å²) in [7, 11) is 3.07. The Labute approximate surface area is 181 Å². The molecule has 0 bridgehead atoms. The monoisotopic (exact) mass is 425 g/mol. The van der Waals surface area contributed by atoms with Crippen molar-refractivity contribution >= 4 is 29.1 Å². The van der Waals surface area contributed by atoms with Gasteiger partial charge in [0.25, 0.3) is 5.91 Å². The van der Waals surface area contributed by atoms with E-state index in [2.05, 4.69) is 10.6 Å². The van der Waals surface area contributed by atoms with Crippen LogP contribution in [0.15, 0.2) is 42.5 Å². The summed E-state index contributed by atoms with van der Waals surface area (Å²) in [6, 6.07) is 12.0. The third-order valence-electron chi connectivity index (χ3n) is 5.14. The highest BCUT2D eigenvalue weighted by Crippen LogP contribution is 2.36. The van der Waals surface area contributed by atoms with Crippen LogP contribution in [0.5, 0.6) is 11.5 Å². The van der Waals surface area contributed by atoms with Gasteiger partial charge >= 0.3 is 0 Å². The van der Waals surface area contributed by atoms with Crippen LogP contribution >= 0.6 is 0 Å². The van der Waals surface area contributed by atoms with Gasteiger partial charge in [0, 0.05) is 25.6 Å². The van der Waals surface area contributed by atoms with Gasteiger partial charge in [0.1, 0.15) is 11.5 Å². The van der Waals surface area contributed by atoms with Gasteiger partial charge in [-0.15, -0.1) is 0 Å². The largest absolute Gasteiger partial charge is 0.497 e. The average Bonchev–Trinajstić information content (AvgIpc) is 3.18. The first-order valence-electron chi connectivity index (χ1n) is 10.2. The number of carbonyl (C=O) groups excluding carboxylic acids is 3. The zero-order valence-corrected chi connectivity index (χ0v) is 17.9. The van der Waals surface area contributed by atoms with Gasteiger partial charge in [0.2, 0.25) is 11.8 Å². The number of ether oxygens (including phenoxy) is 2. The van der Waals surface area contributed by atoms with Crippen LogP contribution in [0.2, 0.25) is 0 Å². The molecule has 1 atom stereocenters. The predicted molar refractivity (Wildman–Crippen MR) is 118 cm³/mol. The van der Waals surface area contributed by atoms with Crippen LogP contribution in [0.4, 0.5) is 11.4 Å². The topological polar surface area (TPSA) is 97.0 Å². The molecule has 31 heavy (non-hydrogen) atoms. The fraction of sp³-hybridized carbons (Fsp3) is 0.348. The molecule has 164 valence electrons. The highest BCUT2D eigenvalue weighted by atomic mass is 16.5. The molecule has 0 spiro atoms. The molecule has 1 saturated heterocycles. The summed E-state index contributed by atoms with van der Waals surface area (Å²) in [4.78, 5) is 39.5. The van der Waals surface area contributed by atoms with E-state index in [1.54, 1.807) is 54.5 Å². The van der Waals surface area contributed by atoms with Crippen molar-refractivity contribution in [1.82, 2.24) is 5.32 Å². The third kappa shape index (κ3) is 4.96. The van der Waals surface area contributed by atoms with Gasteiger partial charge in [0.15, 0.2) is 0 Å². The first-order chi connectivity index (χ1) is 15.0. The molecule has 1 fully saturated rings. The molecule has 1 aliphatic rings. The summed E-state index contributed by atoms with van der Waals surface area (Å²) >= 11 is 0. The van der Waals surface area contributed by atoms with Crippen LogP contribution in [0.25, 0.3) is 0 Å².